The molecule has 0 fully saturated rings. The Hall–Kier alpha value is -0.890. The molecule has 0 aliphatic rings. The Balaban J connectivity index is 5.38. The van der Waals surface area contributed by atoms with Gasteiger partial charge in [0.05, 0.1) is 11.5 Å². The van der Waals surface area contributed by atoms with Crippen LogP contribution in [0.4, 0.5) is 52.7 Å². The SMILES string of the molecule is O=S(=O)(CC(CC(F)(F)F)CC(F)(F)F)CC(CC(F)(F)F)CC(F)(F)F. The average Bonchev–Trinajstić information content (AvgIpc) is 2.14. The van der Waals surface area contributed by atoms with E-state index < -0.39 is 83.6 Å². The molecule has 0 amide bonds. The third-order valence-corrected chi connectivity index (χ3v) is 5.02. The van der Waals surface area contributed by atoms with Gasteiger partial charge in [-0.1, -0.05) is 0 Å². The monoisotopic (exact) mass is 450 g/mol. The van der Waals surface area contributed by atoms with E-state index in [1.807, 2.05) is 0 Å². The highest BCUT2D eigenvalue weighted by molar-refractivity contribution is 7.91. The normalized spacial score (nSPS) is 15.0. The minimum Gasteiger partial charge on any atom is -0.229 e. The van der Waals surface area contributed by atoms with E-state index in [1.54, 1.807) is 0 Å². The number of hydrogen-bond acceptors (Lipinski definition) is 2. The molecule has 0 radical (unpaired) electrons. The number of alkyl halides is 12. The molecule has 0 atom stereocenters. The quantitative estimate of drug-likeness (QED) is 0.462. The maximum Gasteiger partial charge on any atom is 0.389 e. The summed E-state index contributed by atoms with van der Waals surface area (Å²) in [6, 6.07) is 0. The summed E-state index contributed by atoms with van der Waals surface area (Å²) < 4.78 is 171. The maximum absolute atomic E-state index is 12.3. The molecule has 0 unspecified atom stereocenters. The summed E-state index contributed by atoms with van der Waals surface area (Å²) in [5, 5.41) is 0. The summed E-state index contributed by atoms with van der Waals surface area (Å²) in [7, 11) is -5.07. The third kappa shape index (κ3) is 15.8. The van der Waals surface area contributed by atoms with E-state index in [1.165, 1.54) is 0 Å². The van der Waals surface area contributed by atoms with Crippen LogP contribution in [0.15, 0.2) is 0 Å². The van der Waals surface area contributed by atoms with Gasteiger partial charge in [-0.2, -0.15) is 52.7 Å². The van der Waals surface area contributed by atoms with Crippen molar-refractivity contribution in [2.75, 3.05) is 11.5 Å². The lowest BCUT2D eigenvalue weighted by Crippen LogP contribution is -2.32. The molecule has 0 saturated heterocycles. The maximum atomic E-state index is 12.3. The van der Waals surface area contributed by atoms with E-state index in [4.69, 9.17) is 0 Å². The topological polar surface area (TPSA) is 34.1 Å². The first-order valence-electron chi connectivity index (χ1n) is 7.04. The van der Waals surface area contributed by atoms with Crippen LogP contribution in [0.5, 0.6) is 0 Å². The number of halogens is 12. The Morgan fingerprint density at radius 2 is 0.667 bits per heavy atom. The summed E-state index contributed by atoms with van der Waals surface area (Å²) in [4.78, 5) is 0. The summed E-state index contributed by atoms with van der Waals surface area (Å²) in [6.45, 7) is 0. The highest BCUT2D eigenvalue weighted by Crippen LogP contribution is 2.36. The molecule has 0 bridgehead atoms. The molecule has 0 aliphatic heterocycles. The molecule has 0 spiro atoms. The van der Waals surface area contributed by atoms with E-state index in [0.29, 0.717) is 0 Å². The number of hydrogen-bond donors (Lipinski definition) is 0. The van der Waals surface area contributed by atoms with Gasteiger partial charge >= 0.3 is 24.7 Å². The standard InChI is InChI=1S/C12H14F12O2S/c13-9(14,15)1-7(2-10(16,17)18)5-27(25,26)6-8(3-11(19,20)21)4-12(22,23)24/h7-8H,1-6H2. The zero-order valence-corrected chi connectivity index (χ0v) is 14.0. The van der Waals surface area contributed by atoms with Gasteiger partial charge in [0, 0.05) is 25.7 Å². The molecular weight excluding hydrogens is 436 g/mol. The smallest absolute Gasteiger partial charge is 0.229 e. The predicted octanol–water partition coefficient (Wildman–Crippen LogP) is 5.44. The highest BCUT2D eigenvalue weighted by Gasteiger charge is 2.43. The fraction of sp³-hybridized carbons (Fsp3) is 1.00. The van der Waals surface area contributed by atoms with Gasteiger partial charge < -0.3 is 0 Å². The van der Waals surface area contributed by atoms with Crippen LogP contribution in [-0.4, -0.2) is 44.6 Å². The predicted molar refractivity (Wildman–Crippen MR) is 68.3 cm³/mol. The minimum atomic E-state index is -5.21. The molecule has 0 saturated carbocycles. The molecule has 0 N–H and O–H groups in total. The summed E-state index contributed by atoms with van der Waals surface area (Å²) >= 11 is 0. The molecule has 0 heterocycles. The number of rotatable bonds is 8. The lowest BCUT2D eigenvalue weighted by Gasteiger charge is -2.23. The van der Waals surface area contributed by atoms with Crippen molar-refractivity contribution >= 4 is 9.84 Å². The van der Waals surface area contributed by atoms with Crippen molar-refractivity contribution in [3.8, 4) is 0 Å². The van der Waals surface area contributed by atoms with Gasteiger partial charge in [0.15, 0.2) is 9.84 Å². The first-order valence-corrected chi connectivity index (χ1v) is 8.86. The van der Waals surface area contributed by atoms with E-state index in [9.17, 15) is 61.1 Å². The lowest BCUT2D eigenvalue weighted by molar-refractivity contribution is -0.171. The first-order chi connectivity index (χ1) is 11.6. The molecule has 15 heteroatoms. The van der Waals surface area contributed by atoms with E-state index in [2.05, 4.69) is 0 Å². The summed E-state index contributed by atoms with van der Waals surface area (Å²) in [5.74, 6) is -8.82. The summed E-state index contributed by atoms with van der Waals surface area (Å²) in [5.41, 5.74) is 0. The Labute approximate surface area is 145 Å². The lowest BCUT2D eigenvalue weighted by atomic mass is 10.0. The van der Waals surface area contributed by atoms with E-state index in [-0.39, 0.29) is 0 Å². The van der Waals surface area contributed by atoms with Crippen LogP contribution in [0, 0.1) is 11.8 Å². The van der Waals surface area contributed by atoms with Crippen LogP contribution in [0.2, 0.25) is 0 Å². The largest absolute Gasteiger partial charge is 0.389 e. The van der Waals surface area contributed by atoms with Crippen molar-refractivity contribution in [3.63, 3.8) is 0 Å². The fourth-order valence-corrected chi connectivity index (χ4v) is 4.52. The second-order valence-electron chi connectivity index (χ2n) is 6.09. The van der Waals surface area contributed by atoms with Gasteiger partial charge in [-0.15, -0.1) is 0 Å². The molecule has 2 nitrogen and oxygen atoms in total. The van der Waals surface area contributed by atoms with Gasteiger partial charge in [0.1, 0.15) is 0 Å². The van der Waals surface area contributed by atoms with Crippen molar-refractivity contribution in [1.82, 2.24) is 0 Å². The van der Waals surface area contributed by atoms with Gasteiger partial charge in [-0.05, 0) is 11.8 Å². The third-order valence-electron chi connectivity index (χ3n) is 3.06. The minimum absolute atomic E-state index is 1.84. The molecule has 164 valence electrons. The van der Waals surface area contributed by atoms with Gasteiger partial charge in [-0.3, -0.25) is 0 Å². The number of sulfone groups is 1. The first kappa shape index (κ1) is 26.1. The summed E-state index contributed by atoms with van der Waals surface area (Å²) in [6.07, 6.45) is -29.6. The molecule has 0 aromatic rings. The molecule has 0 rings (SSSR count). The van der Waals surface area contributed by atoms with Crippen LogP contribution < -0.4 is 0 Å². The van der Waals surface area contributed by atoms with E-state index >= 15 is 0 Å². The fourth-order valence-electron chi connectivity index (χ4n) is 2.48. The molecule has 0 aliphatic carbocycles. The highest BCUT2D eigenvalue weighted by atomic mass is 32.2. The Bertz CT molecular complexity index is 479. The van der Waals surface area contributed by atoms with Crippen molar-refractivity contribution in [1.29, 1.82) is 0 Å². The van der Waals surface area contributed by atoms with Gasteiger partial charge in [0.2, 0.25) is 0 Å². The molecular formula is C12H14F12O2S. The zero-order chi connectivity index (χ0) is 21.9. The van der Waals surface area contributed by atoms with Crippen molar-refractivity contribution in [3.05, 3.63) is 0 Å². The van der Waals surface area contributed by atoms with Crippen LogP contribution >= 0.6 is 0 Å². The van der Waals surface area contributed by atoms with Gasteiger partial charge in [-0.25, -0.2) is 8.42 Å². The van der Waals surface area contributed by atoms with E-state index in [0.717, 1.165) is 0 Å². The molecule has 0 aromatic heterocycles. The second kappa shape index (κ2) is 8.64. The van der Waals surface area contributed by atoms with Crippen LogP contribution in [0.1, 0.15) is 25.7 Å². The Kier molecular flexibility index (Phi) is 8.35. The second-order valence-corrected chi connectivity index (χ2v) is 8.24. The molecule has 0 aromatic carbocycles. The van der Waals surface area contributed by atoms with Crippen LogP contribution in [0.25, 0.3) is 0 Å². The Morgan fingerprint density at radius 3 is 0.815 bits per heavy atom. The van der Waals surface area contributed by atoms with Crippen LogP contribution in [0.3, 0.4) is 0 Å². The van der Waals surface area contributed by atoms with Crippen molar-refractivity contribution in [2.45, 2.75) is 50.4 Å². The zero-order valence-electron chi connectivity index (χ0n) is 13.2. The van der Waals surface area contributed by atoms with Crippen molar-refractivity contribution in [2.24, 2.45) is 11.8 Å². The molecule has 27 heavy (non-hydrogen) atoms. The van der Waals surface area contributed by atoms with Gasteiger partial charge in [0.25, 0.3) is 0 Å². The Morgan fingerprint density at radius 1 is 0.481 bits per heavy atom. The van der Waals surface area contributed by atoms with Crippen molar-refractivity contribution < 1.29 is 61.1 Å². The van der Waals surface area contributed by atoms with Crippen LogP contribution in [-0.2, 0) is 9.84 Å². The average molecular weight is 450 g/mol.